The van der Waals surface area contributed by atoms with Crippen molar-refractivity contribution in [1.29, 1.82) is 0 Å². The molecule has 0 atom stereocenters. The molecular weight excluding hydrogens is 282 g/mol. The molecule has 0 saturated heterocycles. The third-order valence-electron chi connectivity index (χ3n) is 3.71. The number of benzene rings is 1. The first-order chi connectivity index (χ1) is 9.45. The summed E-state index contributed by atoms with van der Waals surface area (Å²) in [6.45, 7) is 0. The molecule has 1 aliphatic rings. The fraction of sp³-hybridized carbons (Fsp3) is 0.462. The van der Waals surface area contributed by atoms with Gasteiger partial charge in [0.2, 0.25) is 0 Å². The van der Waals surface area contributed by atoms with Crippen molar-refractivity contribution in [2.24, 2.45) is 0 Å². The summed E-state index contributed by atoms with van der Waals surface area (Å²) >= 11 is 6.02. The molecule has 1 aromatic rings. The summed E-state index contributed by atoms with van der Waals surface area (Å²) < 4.78 is 0. The van der Waals surface area contributed by atoms with E-state index >= 15 is 0 Å². The summed E-state index contributed by atoms with van der Waals surface area (Å²) in [7, 11) is 3.27. The average molecular weight is 298 g/mol. The molecule has 1 amide bonds. The summed E-state index contributed by atoms with van der Waals surface area (Å²) in [6, 6.07) is 2.97. The lowest BCUT2D eigenvalue weighted by Crippen LogP contribution is -2.41. The van der Waals surface area contributed by atoms with Crippen LogP contribution in [0.5, 0.6) is 0 Å². The van der Waals surface area contributed by atoms with Crippen molar-refractivity contribution in [3.63, 3.8) is 0 Å². The van der Waals surface area contributed by atoms with Crippen molar-refractivity contribution < 1.29 is 9.72 Å². The van der Waals surface area contributed by atoms with Crippen LogP contribution in [0.3, 0.4) is 0 Å². The normalized spacial score (nSPS) is 14.6. The minimum absolute atomic E-state index is 0.173. The van der Waals surface area contributed by atoms with E-state index < -0.39 is 4.92 Å². The minimum atomic E-state index is -0.544. The van der Waals surface area contributed by atoms with E-state index in [1.54, 1.807) is 19.0 Å². The van der Waals surface area contributed by atoms with Crippen molar-refractivity contribution in [2.45, 2.75) is 25.3 Å². The third-order valence-corrected chi connectivity index (χ3v) is 4.00. The van der Waals surface area contributed by atoms with Crippen LogP contribution in [0.2, 0.25) is 5.02 Å². The monoisotopic (exact) mass is 297 g/mol. The van der Waals surface area contributed by atoms with Crippen molar-refractivity contribution in [3.05, 3.63) is 32.8 Å². The lowest BCUT2D eigenvalue weighted by molar-refractivity contribution is -0.384. The number of nitrogens with one attached hydrogen (secondary N) is 1. The first kappa shape index (κ1) is 14.6. The fourth-order valence-corrected chi connectivity index (χ4v) is 2.56. The Morgan fingerprint density at radius 1 is 1.50 bits per heavy atom. The molecule has 0 bridgehead atoms. The Labute approximate surface area is 121 Å². The molecule has 1 aromatic carbocycles. The fourth-order valence-electron chi connectivity index (χ4n) is 2.25. The van der Waals surface area contributed by atoms with E-state index in [9.17, 15) is 14.9 Å². The van der Waals surface area contributed by atoms with E-state index in [4.69, 9.17) is 11.6 Å². The summed E-state index contributed by atoms with van der Waals surface area (Å²) in [4.78, 5) is 24.5. The molecule has 1 aliphatic carbocycles. The Morgan fingerprint density at radius 2 is 2.15 bits per heavy atom. The molecule has 0 unspecified atom stereocenters. The predicted molar refractivity (Wildman–Crippen MR) is 77.4 cm³/mol. The number of nitro benzene ring substituents is 1. The first-order valence-electron chi connectivity index (χ1n) is 6.38. The molecule has 6 nitrogen and oxygen atoms in total. The molecule has 2 rings (SSSR count). The second kappa shape index (κ2) is 5.66. The van der Waals surface area contributed by atoms with Crippen LogP contribution in [-0.2, 0) is 0 Å². The van der Waals surface area contributed by atoms with E-state index in [1.807, 2.05) is 0 Å². The number of carbonyl (C=O) groups excluding carboxylic acids is 1. The van der Waals surface area contributed by atoms with Crippen molar-refractivity contribution in [1.82, 2.24) is 4.90 Å². The van der Waals surface area contributed by atoms with Crippen LogP contribution in [0.25, 0.3) is 0 Å². The zero-order valence-electron chi connectivity index (χ0n) is 11.4. The molecule has 1 N–H and O–H groups in total. The van der Waals surface area contributed by atoms with Gasteiger partial charge in [-0.05, 0) is 25.3 Å². The van der Waals surface area contributed by atoms with Crippen molar-refractivity contribution in [3.8, 4) is 0 Å². The molecule has 0 radical (unpaired) electrons. The minimum Gasteiger partial charge on any atom is -0.381 e. The Hall–Kier alpha value is -1.82. The molecule has 1 saturated carbocycles. The van der Waals surface area contributed by atoms with Crippen molar-refractivity contribution >= 4 is 28.9 Å². The average Bonchev–Trinajstić information content (AvgIpc) is 2.34. The van der Waals surface area contributed by atoms with Crippen molar-refractivity contribution in [2.75, 3.05) is 19.4 Å². The standard InChI is InChI=1S/C13H16ClN3O3/c1-15-12-10(14)6-8(7-11(12)17(19)20)13(18)16(2)9-4-3-5-9/h6-7,9,15H,3-5H2,1-2H3. The molecule has 1 fully saturated rings. The van der Waals surface area contributed by atoms with Crippen LogP contribution in [0.4, 0.5) is 11.4 Å². The van der Waals surface area contributed by atoms with E-state index in [-0.39, 0.29) is 33.9 Å². The number of anilines is 1. The van der Waals surface area contributed by atoms with Gasteiger partial charge in [0.1, 0.15) is 5.69 Å². The van der Waals surface area contributed by atoms with Gasteiger partial charge in [0.05, 0.1) is 9.95 Å². The molecular formula is C13H16ClN3O3. The van der Waals surface area contributed by atoms with Crippen LogP contribution in [-0.4, -0.2) is 35.9 Å². The van der Waals surface area contributed by atoms with Gasteiger partial charge in [-0.25, -0.2) is 0 Å². The second-order valence-corrected chi connectivity index (χ2v) is 5.27. The van der Waals surface area contributed by atoms with Crippen LogP contribution in [0.15, 0.2) is 12.1 Å². The number of halogens is 1. The first-order valence-corrected chi connectivity index (χ1v) is 6.76. The van der Waals surface area contributed by atoms with E-state index in [0.29, 0.717) is 0 Å². The lowest BCUT2D eigenvalue weighted by Gasteiger charge is -2.34. The highest BCUT2D eigenvalue weighted by atomic mass is 35.5. The van der Waals surface area contributed by atoms with Crippen LogP contribution >= 0.6 is 11.6 Å². The second-order valence-electron chi connectivity index (χ2n) is 4.86. The molecule has 0 heterocycles. The number of hydrogen-bond acceptors (Lipinski definition) is 4. The van der Waals surface area contributed by atoms with Gasteiger partial charge in [-0.1, -0.05) is 11.6 Å². The number of nitrogens with zero attached hydrogens (tertiary/aromatic N) is 2. The summed E-state index contributed by atoms with van der Waals surface area (Å²) in [5, 5.41) is 13.9. The number of amides is 1. The Kier molecular flexibility index (Phi) is 4.13. The number of hydrogen-bond donors (Lipinski definition) is 1. The molecule has 0 aliphatic heterocycles. The van der Waals surface area contributed by atoms with Gasteiger partial charge in [-0.2, -0.15) is 0 Å². The number of nitro groups is 1. The molecule has 20 heavy (non-hydrogen) atoms. The van der Waals surface area contributed by atoms with Crippen LogP contribution in [0.1, 0.15) is 29.6 Å². The Balaban J connectivity index is 2.36. The zero-order chi connectivity index (χ0) is 14.9. The predicted octanol–water partition coefficient (Wildman–Crippen LogP) is 2.91. The maximum absolute atomic E-state index is 12.3. The van der Waals surface area contributed by atoms with Gasteiger partial charge < -0.3 is 10.2 Å². The summed E-state index contributed by atoms with van der Waals surface area (Å²) in [6.07, 6.45) is 3.07. The SMILES string of the molecule is CNc1c(Cl)cc(C(=O)N(C)C2CCC2)cc1[N+](=O)[O-]. The molecule has 0 spiro atoms. The number of carbonyl (C=O) groups is 1. The van der Waals surface area contributed by atoms with Crippen LogP contribution < -0.4 is 5.32 Å². The maximum Gasteiger partial charge on any atom is 0.294 e. The van der Waals surface area contributed by atoms with Gasteiger partial charge in [0.25, 0.3) is 11.6 Å². The van der Waals surface area contributed by atoms with Gasteiger partial charge in [-0.3, -0.25) is 14.9 Å². The quantitative estimate of drug-likeness (QED) is 0.685. The van der Waals surface area contributed by atoms with Gasteiger partial charge in [0, 0.05) is 31.8 Å². The van der Waals surface area contributed by atoms with E-state index in [0.717, 1.165) is 19.3 Å². The zero-order valence-corrected chi connectivity index (χ0v) is 12.1. The largest absolute Gasteiger partial charge is 0.381 e. The van der Waals surface area contributed by atoms with E-state index in [1.165, 1.54) is 12.1 Å². The van der Waals surface area contributed by atoms with Gasteiger partial charge in [-0.15, -0.1) is 0 Å². The van der Waals surface area contributed by atoms with Gasteiger partial charge in [0.15, 0.2) is 0 Å². The molecule has 7 heteroatoms. The summed E-state index contributed by atoms with van der Waals surface area (Å²) in [5.74, 6) is -0.234. The topological polar surface area (TPSA) is 75.5 Å². The molecule has 108 valence electrons. The van der Waals surface area contributed by atoms with Gasteiger partial charge >= 0.3 is 0 Å². The highest BCUT2D eigenvalue weighted by molar-refractivity contribution is 6.34. The third kappa shape index (κ3) is 2.56. The summed E-state index contributed by atoms with van der Waals surface area (Å²) in [5.41, 5.74) is 0.278. The number of rotatable bonds is 4. The highest BCUT2D eigenvalue weighted by Gasteiger charge is 2.28. The smallest absolute Gasteiger partial charge is 0.294 e. The van der Waals surface area contributed by atoms with Crippen LogP contribution in [0, 0.1) is 10.1 Å². The van der Waals surface area contributed by atoms with E-state index in [2.05, 4.69) is 5.32 Å². The molecule has 0 aromatic heterocycles. The Morgan fingerprint density at radius 3 is 2.60 bits per heavy atom. The lowest BCUT2D eigenvalue weighted by atomic mass is 9.91. The Bertz CT molecular complexity index is 558. The maximum atomic E-state index is 12.3. The highest BCUT2D eigenvalue weighted by Crippen LogP contribution is 2.34.